The Kier molecular flexibility index (Phi) is 15.6. The van der Waals surface area contributed by atoms with Gasteiger partial charge < -0.3 is 22.5 Å². The van der Waals surface area contributed by atoms with Gasteiger partial charge in [0.15, 0.2) is 11.7 Å². The Labute approximate surface area is 253 Å². The molecule has 10 N–H and O–H groups in total. The van der Waals surface area contributed by atoms with Gasteiger partial charge in [0.2, 0.25) is 5.91 Å². The predicted molar refractivity (Wildman–Crippen MR) is 168 cm³/mol. The van der Waals surface area contributed by atoms with Gasteiger partial charge >= 0.3 is 0 Å². The van der Waals surface area contributed by atoms with Crippen molar-refractivity contribution in [2.45, 2.75) is 76.5 Å². The summed E-state index contributed by atoms with van der Waals surface area (Å²) in [6, 6.07) is 15.5. The molecule has 2 aromatic carbocycles. The molecule has 2 aromatic rings. The summed E-state index contributed by atoms with van der Waals surface area (Å²) < 4.78 is 0. The number of benzene rings is 2. The summed E-state index contributed by atoms with van der Waals surface area (Å²) in [4.78, 5) is 55.4. The van der Waals surface area contributed by atoms with Crippen molar-refractivity contribution in [3.8, 4) is 0 Å². The maximum atomic E-state index is 14.0. The van der Waals surface area contributed by atoms with Crippen LogP contribution in [0.2, 0.25) is 0 Å². The Morgan fingerprint density at radius 3 is 2.00 bits per heavy atom. The Bertz CT molecular complexity index is 1190. The summed E-state index contributed by atoms with van der Waals surface area (Å²) in [6.07, 6.45) is 2.01. The third-order valence-corrected chi connectivity index (χ3v) is 6.81. The fourth-order valence-corrected chi connectivity index (χ4v) is 4.47. The molecule has 4 atom stereocenters. The van der Waals surface area contributed by atoms with Crippen LogP contribution in [0.5, 0.6) is 0 Å². The van der Waals surface area contributed by atoms with Crippen molar-refractivity contribution < 1.29 is 19.2 Å². The molecule has 12 heteroatoms. The third-order valence-electron chi connectivity index (χ3n) is 6.81. The summed E-state index contributed by atoms with van der Waals surface area (Å²) in [5.41, 5.74) is 24.2. The zero-order valence-electron chi connectivity index (χ0n) is 25.1. The lowest BCUT2D eigenvalue weighted by Crippen LogP contribution is -2.58. The Morgan fingerprint density at radius 2 is 1.44 bits per heavy atom. The van der Waals surface area contributed by atoms with Gasteiger partial charge in [0.05, 0.1) is 24.2 Å². The highest BCUT2D eigenvalue weighted by Gasteiger charge is 2.32. The number of carbonyl (C=O) groups is 4. The molecule has 0 saturated heterocycles. The van der Waals surface area contributed by atoms with Crippen molar-refractivity contribution in [3.63, 3.8) is 0 Å². The van der Waals surface area contributed by atoms with Crippen LogP contribution in [-0.4, -0.2) is 66.6 Å². The molecule has 0 aliphatic heterocycles. The average molecular weight is 595 g/mol. The van der Waals surface area contributed by atoms with E-state index in [2.05, 4.69) is 26.5 Å². The Morgan fingerprint density at radius 1 is 0.837 bits per heavy atom. The van der Waals surface area contributed by atoms with Crippen molar-refractivity contribution in [1.82, 2.24) is 21.5 Å². The molecule has 0 aromatic heterocycles. The second kappa shape index (κ2) is 19.1. The molecule has 0 aliphatic rings. The molecule has 12 nitrogen and oxygen atoms in total. The van der Waals surface area contributed by atoms with E-state index in [0.717, 1.165) is 11.1 Å². The molecule has 0 fully saturated rings. The van der Waals surface area contributed by atoms with Crippen LogP contribution in [0, 0.1) is 0 Å². The van der Waals surface area contributed by atoms with Crippen LogP contribution < -0.4 is 38.7 Å². The van der Waals surface area contributed by atoms with Crippen LogP contribution in [-0.2, 0) is 32.0 Å². The second-order valence-corrected chi connectivity index (χ2v) is 10.4. The molecule has 0 bridgehead atoms. The van der Waals surface area contributed by atoms with Crippen molar-refractivity contribution in [2.75, 3.05) is 13.1 Å². The molecule has 4 unspecified atom stereocenters. The van der Waals surface area contributed by atoms with Crippen molar-refractivity contribution >= 4 is 29.3 Å². The summed E-state index contributed by atoms with van der Waals surface area (Å²) in [6.45, 7) is 3.88. The molecular formula is C31H46N8O4. The molecule has 0 radical (unpaired) electrons. The normalized spacial score (nSPS) is 13.7. The van der Waals surface area contributed by atoms with E-state index < -0.39 is 36.0 Å². The fourth-order valence-electron chi connectivity index (χ4n) is 4.47. The quantitative estimate of drug-likeness (QED) is 0.0484. The van der Waals surface area contributed by atoms with Gasteiger partial charge in [0.1, 0.15) is 5.78 Å². The molecule has 43 heavy (non-hydrogen) atoms. The smallest absolute Gasteiger partial charge is 0.251 e. The molecule has 234 valence electrons. The zero-order valence-corrected chi connectivity index (χ0v) is 25.1. The van der Waals surface area contributed by atoms with Crippen molar-refractivity contribution in [1.29, 1.82) is 0 Å². The maximum Gasteiger partial charge on any atom is 0.251 e. The number of ketones is 2. The number of hydrazine groups is 1. The maximum absolute atomic E-state index is 14.0. The Balaban J connectivity index is 2.20. The van der Waals surface area contributed by atoms with E-state index in [9.17, 15) is 19.2 Å². The third kappa shape index (κ3) is 13.6. The number of guanidine groups is 1. The minimum atomic E-state index is -0.881. The van der Waals surface area contributed by atoms with Crippen LogP contribution in [0.25, 0.3) is 0 Å². The molecule has 0 aliphatic carbocycles. The molecule has 0 saturated carbocycles. The predicted octanol–water partition coefficient (Wildman–Crippen LogP) is 0.243. The summed E-state index contributed by atoms with van der Waals surface area (Å²) in [7, 11) is 0. The van der Waals surface area contributed by atoms with Crippen LogP contribution in [0.3, 0.4) is 0 Å². The fraction of sp³-hybridized carbons (Fsp3) is 0.452. The average Bonchev–Trinajstić information content (AvgIpc) is 2.99. The van der Waals surface area contributed by atoms with Crippen LogP contribution in [0.1, 0.15) is 50.7 Å². The SMILES string of the molecule is CCC(NC(CCCN=C(N)N)C(=O)NNCCC(C)=O)C(=O)C(Cc1ccccc1)NC(=O)C(N)Cc1ccccc1. The first-order chi connectivity index (χ1) is 20.6. The summed E-state index contributed by atoms with van der Waals surface area (Å²) >= 11 is 0. The zero-order chi connectivity index (χ0) is 31.6. The Hall–Kier alpha value is -4.13. The lowest BCUT2D eigenvalue weighted by molar-refractivity contribution is -0.130. The second-order valence-electron chi connectivity index (χ2n) is 10.4. The number of amides is 2. The number of carbonyl (C=O) groups excluding carboxylic acids is 4. The minimum Gasteiger partial charge on any atom is -0.370 e. The highest BCUT2D eigenvalue weighted by molar-refractivity contribution is 5.94. The summed E-state index contributed by atoms with van der Waals surface area (Å²) in [5.74, 6) is -1.16. The molecule has 2 amide bonds. The number of nitrogens with two attached hydrogens (primary N) is 3. The van der Waals surface area contributed by atoms with Crippen molar-refractivity contribution in [2.24, 2.45) is 22.2 Å². The van der Waals surface area contributed by atoms with E-state index in [-0.39, 0.29) is 36.9 Å². The number of hydrogen-bond acceptors (Lipinski definition) is 8. The van der Waals surface area contributed by atoms with Crippen LogP contribution in [0.15, 0.2) is 65.7 Å². The largest absolute Gasteiger partial charge is 0.370 e. The number of nitrogens with zero attached hydrogens (tertiary/aromatic N) is 1. The van der Waals surface area contributed by atoms with Crippen LogP contribution >= 0.6 is 0 Å². The van der Waals surface area contributed by atoms with Gasteiger partial charge in [-0.15, -0.1) is 0 Å². The first-order valence-corrected chi connectivity index (χ1v) is 14.6. The van der Waals surface area contributed by atoms with Gasteiger partial charge in [-0.3, -0.25) is 34.9 Å². The molecule has 0 spiro atoms. The van der Waals surface area contributed by atoms with Crippen LogP contribution in [0.4, 0.5) is 0 Å². The van der Waals surface area contributed by atoms with E-state index >= 15 is 0 Å². The van der Waals surface area contributed by atoms with E-state index in [1.807, 2.05) is 67.6 Å². The topological polar surface area (TPSA) is 207 Å². The van der Waals surface area contributed by atoms with Gasteiger partial charge in [-0.2, -0.15) is 0 Å². The number of Topliss-reactive ketones (excluding diaryl/α,β-unsaturated/α-hetero) is 2. The van der Waals surface area contributed by atoms with E-state index in [1.165, 1.54) is 6.92 Å². The lowest BCUT2D eigenvalue weighted by atomic mass is 9.94. The van der Waals surface area contributed by atoms with Gasteiger partial charge in [-0.05, 0) is 50.2 Å². The highest BCUT2D eigenvalue weighted by atomic mass is 16.2. The monoisotopic (exact) mass is 594 g/mol. The standard InChI is InChI=1S/C31H46N8O4/c1-3-25(37-26(15-10-17-35-31(33)34)30(43)39-36-18-16-21(2)40)28(41)27(20-23-13-8-5-9-14-23)38-29(42)24(32)19-22-11-6-4-7-12-22/h4-9,11-14,24-27,36-37H,3,10,15-20,32H2,1-2H3,(H,38,42)(H,39,43)(H4,33,34,35). The van der Waals surface area contributed by atoms with E-state index in [0.29, 0.717) is 32.2 Å². The summed E-state index contributed by atoms with van der Waals surface area (Å²) in [5, 5.41) is 6.06. The van der Waals surface area contributed by atoms with Gasteiger partial charge in [-0.25, -0.2) is 5.43 Å². The van der Waals surface area contributed by atoms with E-state index in [1.54, 1.807) is 0 Å². The molecule has 2 rings (SSSR count). The molecule has 0 heterocycles. The number of aliphatic imine (C=N–C) groups is 1. The van der Waals surface area contributed by atoms with Gasteiger partial charge in [-0.1, -0.05) is 67.6 Å². The number of nitrogens with one attached hydrogen (secondary N) is 4. The van der Waals surface area contributed by atoms with E-state index in [4.69, 9.17) is 17.2 Å². The van der Waals surface area contributed by atoms with Crippen molar-refractivity contribution in [3.05, 3.63) is 71.8 Å². The first kappa shape index (κ1) is 35.1. The minimum absolute atomic E-state index is 0.0136. The first-order valence-electron chi connectivity index (χ1n) is 14.6. The molecular weight excluding hydrogens is 548 g/mol. The lowest BCUT2D eigenvalue weighted by Gasteiger charge is -2.28. The van der Waals surface area contributed by atoms with Gasteiger partial charge in [0.25, 0.3) is 5.91 Å². The number of hydrogen-bond donors (Lipinski definition) is 7. The van der Waals surface area contributed by atoms with Gasteiger partial charge in [0, 0.05) is 19.5 Å². The highest BCUT2D eigenvalue weighted by Crippen LogP contribution is 2.11. The number of rotatable bonds is 20.